The van der Waals surface area contributed by atoms with Gasteiger partial charge in [-0.15, -0.1) is 0 Å². The summed E-state index contributed by atoms with van der Waals surface area (Å²) in [7, 11) is 0. The predicted molar refractivity (Wildman–Crippen MR) is 85.9 cm³/mol. The average molecular weight is 289 g/mol. The van der Waals surface area contributed by atoms with E-state index < -0.39 is 0 Å². The number of halogens is 1. The quantitative estimate of drug-likeness (QED) is 0.842. The summed E-state index contributed by atoms with van der Waals surface area (Å²) < 4.78 is 13.6. The minimum absolute atomic E-state index is 0.0919. The molecular weight excluding hydrogens is 261 g/mol. The Labute approximate surface area is 128 Å². The van der Waals surface area contributed by atoms with Gasteiger partial charge in [-0.1, -0.05) is 26.3 Å². The van der Waals surface area contributed by atoms with Crippen LogP contribution in [-0.2, 0) is 6.42 Å². The number of rotatable bonds is 5. The van der Waals surface area contributed by atoms with Gasteiger partial charge >= 0.3 is 0 Å². The second-order valence-electron chi connectivity index (χ2n) is 7.73. The molecule has 0 saturated heterocycles. The van der Waals surface area contributed by atoms with Gasteiger partial charge in [0.2, 0.25) is 0 Å². The number of hydrogen-bond donors (Lipinski definition) is 1. The third-order valence-electron chi connectivity index (χ3n) is 5.82. The topological polar surface area (TPSA) is 12.0 Å². The van der Waals surface area contributed by atoms with Crippen LogP contribution in [0.4, 0.5) is 4.39 Å². The van der Waals surface area contributed by atoms with Crippen molar-refractivity contribution < 1.29 is 4.39 Å². The number of fused-ring (bicyclic) bond motifs is 2. The highest BCUT2D eigenvalue weighted by Gasteiger charge is 2.50. The minimum Gasteiger partial charge on any atom is -0.314 e. The van der Waals surface area contributed by atoms with Crippen LogP contribution in [0.5, 0.6) is 0 Å². The van der Waals surface area contributed by atoms with Gasteiger partial charge in [-0.25, -0.2) is 4.39 Å². The zero-order valence-corrected chi connectivity index (χ0v) is 13.6. The molecule has 0 spiro atoms. The molecule has 2 bridgehead atoms. The molecule has 2 aliphatic rings. The van der Waals surface area contributed by atoms with Crippen LogP contribution in [0.15, 0.2) is 18.2 Å². The molecule has 0 heterocycles. The van der Waals surface area contributed by atoms with Gasteiger partial charge in [0.25, 0.3) is 0 Å². The Morgan fingerprint density at radius 3 is 2.76 bits per heavy atom. The van der Waals surface area contributed by atoms with E-state index in [4.69, 9.17) is 0 Å². The zero-order chi connectivity index (χ0) is 15.0. The molecular formula is C19H28FN. The summed E-state index contributed by atoms with van der Waals surface area (Å²) in [5.41, 5.74) is 2.81. The molecule has 1 N–H and O–H groups in total. The Morgan fingerprint density at radius 2 is 2.14 bits per heavy atom. The molecule has 0 aliphatic heterocycles. The smallest absolute Gasteiger partial charge is 0.123 e. The summed E-state index contributed by atoms with van der Waals surface area (Å²) in [6.07, 6.45) is 6.55. The van der Waals surface area contributed by atoms with Crippen molar-refractivity contribution in [3.8, 4) is 0 Å². The van der Waals surface area contributed by atoms with E-state index in [0.29, 0.717) is 11.5 Å². The van der Waals surface area contributed by atoms with Gasteiger partial charge in [0.05, 0.1) is 0 Å². The highest BCUT2D eigenvalue weighted by Crippen LogP contribution is 2.57. The van der Waals surface area contributed by atoms with Crippen molar-refractivity contribution in [1.29, 1.82) is 0 Å². The largest absolute Gasteiger partial charge is 0.314 e. The summed E-state index contributed by atoms with van der Waals surface area (Å²) in [4.78, 5) is 0. The van der Waals surface area contributed by atoms with Crippen molar-refractivity contribution in [1.82, 2.24) is 5.32 Å². The van der Waals surface area contributed by atoms with Crippen molar-refractivity contribution in [2.45, 2.75) is 58.9 Å². The van der Waals surface area contributed by atoms with E-state index in [0.717, 1.165) is 24.8 Å². The molecule has 1 aromatic rings. The van der Waals surface area contributed by atoms with E-state index in [2.05, 4.69) is 26.1 Å². The molecule has 3 atom stereocenters. The lowest BCUT2D eigenvalue weighted by atomic mass is 9.68. The molecule has 0 amide bonds. The fourth-order valence-electron chi connectivity index (χ4n) is 4.67. The number of hydrogen-bond acceptors (Lipinski definition) is 1. The molecule has 2 fully saturated rings. The Morgan fingerprint density at radius 1 is 1.33 bits per heavy atom. The van der Waals surface area contributed by atoms with Crippen LogP contribution in [0.1, 0.15) is 50.7 Å². The fourth-order valence-corrected chi connectivity index (χ4v) is 4.67. The van der Waals surface area contributed by atoms with Crippen LogP contribution in [0.3, 0.4) is 0 Å². The first-order chi connectivity index (χ1) is 9.98. The molecule has 0 radical (unpaired) electrons. The van der Waals surface area contributed by atoms with Crippen LogP contribution >= 0.6 is 0 Å². The van der Waals surface area contributed by atoms with Gasteiger partial charge < -0.3 is 5.32 Å². The average Bonchev–Trinajstić information content (AvgIpc) is 3.02. The van der Waals surface area contributed by atoms with E-state index in [1.54, 1.807) is 12.1 Å². The van der Waals surface area contributed by atoms with E-state index in [1.807, 2.05) is 6.07 Å². The normalized spacial score (nSPS) is 31.3. The highest BCUT2D eigenvalue weighted by molar-refractivity contribution is 5.28. The van der Waals surface area contributed by atoms with Crippen LogP contribution in [-0.4, -0.2) is 12.6 Å². The SMILES string of the molecule is Cc1ccc(F)cc1CC1(CNC(C)C)CC2CCC1C2. The molecule has 2 saturated carbocycles. The molecule has 1 nitrogen and oxygen atoms in total. The lowest BCUT2D eigenvalue weighted by molar-refractivity contribution is 0.152. The summed E-state index contributed by atoms with van der Waals surface area (Å²) in [6.45, 7) is 7.63. The first-order valence-electron chi connectivity index (χ1n) is 8.47. The Hall–Kier alpha value is -0.890. The highest BCUT2D eigenvalue weighted by atomic mass is 19.1. The lowest BCUT2D eigenvalue weighted by Gasteiger charge is -2.39. The molecule has 21 heavy (non-hydrogen) atoms. The first-order valence-corrected chi connectivity index (χ1v) is 8.47. The van der Waals surface area contributed by atoms with E-state index >= 15 is 0 Å². The van der Waals surface area contributed by atoms with E-state index in [1.165, 1.54) is 36.8 Å². The van der Waals surface area contributed by atoms with Gasteiger partial charge in [-0.05, 0) is 73.1 Å². The maximum absolute atomic E-state index is 13.6. The molecule has 2 heteroatoms. The van der Waals surface area contributed by atoms with Crippen molar-refractivity contribution in [2.24, 2.45) is 17.3 Å². The monoisotopic (exact) mass is 289 g/mol. The van der Waals surface area contributed by atoms with Gasteiger partial charge in [0, 0.05) is 12.6 Å². The van der Waals surface area contributed by atoms with Gasteiger partial charge in [-0.3, -0.25) is 0 Å². The summed E-state index contributed by atoms with van der Waals surface area (Å²) in [6, 6.07) is 5.80. The third kappa shape index (κ3) is 3.01. The Bertz CT molecular complexity index is 510. The molecule has 1 aromatic carbocycles. The van der Waals surface area contributed by atoms with Gasteiger partial charge in [0.15, 0.2) is 0 Å². The second kappa shape index (κ2) is 5.72. The molecule has 3 rings (SSSR count). The predicted octanol–water partition coefficient (Wildman–Crippen LogP) is 4.48. The van der Waals surface area contributed by atoms with E-state index in [-0.39, 0.29) is 5.82 Å². The minimum atomic E-state index is -0.0919. The van der Waals surface area contributed by atoms with Crippen molar-refractivity contribution in [2.75, 3.05) is 6.54 Å². The van der Waals surface area contributed by atoms with Crippen molar-refractivity contribution in [3.05, 3.63) is 35.1 Å². The fraction of sp³-hybridized carbons (Fsp3) is 0.684. The van der Waals surface area contributed by atoms with Gasteiger partial charge in [0.1, 0.15) is 5.82 Å². The summed E-state index contributed by atoms with van der Waals surface area (Å²) in [5, 5.41) is 3.67. The maximum atomic E-state index is 13.6. The second-order valence-corrected chi connectivity index (χ2v) is 7.73. The van der Waals surface area contributed by atoms with Crippen molar-refractivity contribution in [3.63, 3.8) is 0 Å². The molecule has 116 valence electrons. The van der Waals surface area contributed by atoms with Crippen LogP contribution in [0.25, 0.3) is 0 Å². The van der Waals surface area contributed by atoms with Crippen molar-refractivity contribution >= 4 is 0 Å². The third-order valence-corrected chi connectivity index (χ3v) is 5.82. The van der Waals surface area contributed by atoms with Crippen LogP contribution < -0.4 is 5.32 Å². The van der Waals surface area contributed by atoms with E-state index in [9.17, 15) is 4.39 Å². The number of benzene rings is 1. The van der Waals surface area contributed by atoms with Crippen LogP contribution in [0, 0.1) is 30.0 Å². The summed E-state index contributed by atoms with van der Waals surface area (Å²) in [5.74, 6) is 1.65. The standard InChI is InChI=1S/C19H28FN/c1-13(2)21-12-19(10-15-5-6-17(19)8-15)11-16-9-18(20)7-4-14(16)3/h4,7,9,13,15,17,21H,5-6,8,10-12H2,1-3H3. The zero-order valence-electron chi connectivity index (χ0n) is 13.6. The van der Waals surface area contributed by atoms with Gasteiger partial charge in [-0.2, -0.15) is 0 Å². The number of nitrogens with one attached hydrogen (secondary N) is 1. The number of aryl methyl sites for hydroxylation is 1. The lowest BCUT2D eigenvalue weighted by Crippen LogP contribution is -2.42. The Balaban J connectivity index is 1.84. The van der Waals surface area contributed by atoms with Crippen LogP contribution in [0.2, 0.25) is 0 Å². The Kier molecular flexibility index (Phi) is 4.09. The maximum Gasteiger partial charge on any atom is 0.123 e. The summed E-state index contributed by atoms with van der Waals surface area (Å²) >= 11 is 0. The molecule has 0 aromatic heterocycles. The molecule has 2 aliphatic carbocycles. The molecule has 3 unspecified atom stereocenters. The first kappa shape index (κ1) is 15.0.